The number of amides is 2. The molecule has 3 aliphatic rings. The van der Waals surface area contributed by atoms with Crippen molar-refractivity contribution in [1.82, 2.24) is 4.90 Å². The minimum absolute atomic E-state index is 0.00992. The second-order valence-electron chi connectivity index (χ2n) is 11.3. The Balaban J connectivity index is 1.49. The van der Waals surface area contributed by atoms with E-state index in [1.165, 1.54) is 0 Å². The van der Waals surface area contributed by atoms with Crippen molar-refractivity contribution in [2.75, 3.05) is 31.2 Å². The Kier molecular flexibility index (Phi) is 9.80. The summed E-state index contributed by atoms with van der Waals surface area (Å²) in [5, 5.41) is 11.4. The molecule has 224 valence electrons. The Morgan fingerprint density at radius 2 is 1.90 bits per heavy atom. The number of nitrogens with zero attached hydrogens (tertiary/aromatic N) is 2. The van der Waals surface area contributed by atoms with Crippen LogP contribution in [0.3, 0.4) is 0 Å². The fourth-order valence-electron chi connectivity index (χ4n) is 6.92. The number of benzene rings is 2. The molecule has 1 spiro atoms. The van der Waals surface area contributed by atoms with Crippen LogP contribution in [0.25, 0.3) is 10.8 Å². The monoisotopic (exact) mass is 654 g/mol. The maximum atomic E-state index is 14.7. The molecular weight excluding hydrogens is 616 g/mol. The molecule has 0 saturated carbocycles. The van der Waals surface area contributed by atoms with Crippen LogP contribution in [-0.2, 0) is 19.1 Å². The van der Waals surface area contributed by atoms with Crippen LogP contribution in [0.4, 0.5) is 5.69 Å². The number of carbonyl (C=O) groups is 3. The number of aliphatic hydroxyl groups is 1. The van der Waals surface area contributed by atoms with E-state index in [9.17, 15) is 19.5 Å². The molecule has 0 aromatic heterocycles. The molecule has 6 atom stereocenters. The second kappa shape index (κ2) is 13.3. The molecular formula is C33H39BrN2O5S. The number of allylic oxidation sites excluding steroid dienone is 1. The molecule has 3 saturated heterocycles. The van der Waals surface area contributed by atoms with Gasteiger partial charge >= 0.3 is 5.97 Å². The van der Waals surface area contributed by atoms with Gasteiger partial charge in [-0.2, -0.15) is 0 Å². The summed E-state index contributed by atoms with van der Waals surface area (Å²) in [6.45, 7) is 8.60. The van der Waals surface area contributed by atoms with E-state index in [1.54, 1.807) is 27.6 Å². The van der Waals surface area contributed by atoms with Crippen LogP contribution in [0.15, 0.2) is 67.8 Å². The topological polar surface area (TPSA) is 87.2 Å². The van der Waals surface area contributed by atoms with Crippen molar-refractivity contribution in [2.24, 2.45) is 11.8 Å². The summed E-state index contributed by atoms with van der Waals surface area (Å²) in [4.78, 5) is 45.9. The van der Waals surface area contributed by atoms with E-state index in [0.29, 0.717) is 32.4 Å². The molecule has 3 heterocycles. The minimum Gasteiger partial charge on any atom is -0.465 e. The number of ether oxygens (including phenoxy) is 1. The number of alkyl halides is 1. The lowest BCUT2D eigenvalue weighted by molar-refractivity contribution is -0.154. The highest BCUT2D eigenvalue weighted by atomic mass is 79.9. The number of fused-ring (bicyclic) bond motifs is 2. The van der Waals surface area contributed by atoms with Crippen molar-refractivity contribution >= 4 is 61.9 Å². The third kappa shape index (κ3) is 5.55. The van der Waals surface area contributed by atoms with Gasteiger partial charge in [-0.3, -0.25) is 14.4 Å². The van der Waals surface area contributed by atoms with Gasteiger partial charge in [0.25, 0.3) is 5.91 Å². The molecule has 3 fully saturated rings. The predicted molar refractivity (Wildman–Crippen MR) is 172 cm³/mol. The Morgan fingerprint density at radius 3 is 2.64 bits per heavy atom. The number of anilines is 1. The molecule has 2 bridgehead atoms. The lowest BCUT2D eigenvalue weighted by Gasteiger charge is -2.38. The van der Waals surface area contributed by atoms with Crippen molar-refractivity contribution in [1.29, 1.82) is 0 Å². The van der Waals surface area contributed by atoms with E-state index in [-0.39, 0.29) is 41.0 Å². The van der Waals surface area contributed by atoms with Crippen molar-refractivity contribution in [3.05, 3.63) is 67.8 Å². The van der Waals surface area contributed by atoms with Crippen molar-refractivity contribution in [2.45, 2.75) is 59.4 Å². The van der Waals surface area contributed by atoms with E-state index in [0.717, 1.165) is 35.7 Å². The normalized spacial score (nSPS) is 27.7. The molecule has 1 N–H and O–H groups in total. The van der Waals surface area contributed by atoms with Crippen LogP contribution in [0.5, 0.6) is 0 Å². The van der Waals surface area contributed by atoms with Gasteiger partial charge in [-0.25, -0.2) is 0 Å². The van der Waals surface area contributed by atoms with E-state index in [2.05, 4.69) is 29.1 Å². The largest absolute Gasteiger partial charge is 0.465 e. The number of rotatable bonds is 14. The highest BCUT2D eigenvalue weighted by Gasteiger charge is 2.76. The SMILES string of the molecule is C=CCCCCOC(=O)[C@H]1[C@@H]2SC3(CC2Br)C(C(=O)N(CC=C)c2ccc4ccccc4c2)N(CCCCO)C(=O)[C@H]13. The average molecular weight is 656 g/mol. The minimum atomic E-state index is -0.755. The summed E-state index contributed by atoms with van der Waals surface area (Å²) >= 11 is 5.43. The molecule has 5 rings (SSSR count). The first kappa shape index (κ1) is 30.8. The van der Waals surface area contributed by atoms with E-state index in [4.69, 9.17) is 4.74 Å². The zero-order chi connectivity index (χ0) is 29.9. The lowest BCUT2D eigenvalue weighted by Crippen LogP contribution is -2.55. The van der Waals surface area contributed by atoms with Gasteiger partial charge in [-0.15, -0.1) is 24.9 Å². The standard InChI is InChI=1S/C33H39BrN2O5S/c1-3-5-6-11-19-41-32(40)26-27-30(38)36(17-9-10-18-37)29(33(27)21-25(34)28(26)42-33)31(39)35(16-4-2)24-15-14-22-12-7-8-13-23(22)20-24/h3-4,7-8,12-15,20,25-29,37H,1-2,5-6,9-11,16-19,21H2/t25?,26-,27+,28-,29?,33?/m1/s1. The quantitative estimate of drug-likeness (QED) is 0.125. The Labute approximate surface area is 260 Å². The maximum Gasteiger partial charge on any atom is 0.310 e. The van der Waals surface area contributed by atoms with E-state index < -0.39 is 22.6 Å². The van der Waals surface area contributed by atoms with E-state index in [1.807, 2.05) is 48.5 Å². The van der Waals surface area contributed by atoms with Gasteiger partial charge in [-0.05, 0) is 61.4 Å². The second-order valence-corrected chi connectivity index (χ2v) is 14.1. The number of thioether (sulfide) groups is 1. The first-order valence-corrected chi connectivity index (χ1v) is 16.6. The Bertz CT molecular complexity index is 1350. The first-order valence-electron chi connectivity index (χ1n) is 14.8. The summed E-state index contributed by atoms with van der Waals surface area (Å²) in [5.41, 5.74) is 0.740. The number of hydrogen-bond acceptors (Lipinski definition) is 6. The third-order valence-corrected chi connectivity index (χ3v) is 12.0. The molecule has 7 nitrogen and oxygen atoms in total. The summed E-state index contributed by atoms with van der Waals surface area (Å²) in [6.07, 6.45) is 7.73. The van der Waals surface area contributed by atoms with Gasteiger partial charge in [0.2, 0.25) is 5.91 Å². The van der Waals surface area contributed by atoms with E-state index >= 15 is 0 Å². The van der Waals surface area contributed by atoms with Gasteiger partial charge in [0.05, 0.1) is 23.2 Å². The van der Waals surface area contributed by atoms with Crippen molar-refractivity contribution < 1.29 is 24.2 Å². The lowest BCUT2D eigenvalue weighted by atomic mass is 9.71. The van der Waals surface area contributed by atoms with Crippen LogP contribution >= 0.6 is 27.7 Å². The number of unbranched alkanes of at least 4 members (excludes halogenated alkanes) is 3. The van der Waals surface area contributed by atoms with Crippen LogP contribution in [0, 0.1) is 11.8 Å². The molecule has 2 amide bonds. The van der Waals surface area contributed by atoms with Gasteiger partial charge < -0.3 is 19.6 Å². The predicted octanol–water partition coefficient (Wildman–Crippen LogP) is 5.50. The Morgan fingerprint density at radius 1 is 1.12 bits per heavy atom. The number of likely N-dealkylation sites (tertiary alicyclic amines) is 1. The number of esters is 1. The van der Waals surface area contributed by atoms with Crippen LogP contribution in [0.1, 0.15) is 38.5 Å². The molecule has 0 radical (unpaired) electrons. The third-order valence-electron chi connectivity index (χ3n) is 8.77. The summed E-state index contributed by atoms with van der Waals surface area (Å²) in [7, 11) is 0. The van der Waals surface area contributed by atoms with Gasteiger partial charge in [-0.1, -0.05) is 58.4 Å². The number of halogens is 1. The van der Waals surface area contributed by atoms with Crippen LogP contribution in [0.2, 0.25) is 0 Å². The summed E-state index contributed by atoms with van der Waals surface area (Å²) in [6, 6.07) is 13.2. The molecule has 9 heteroatoms. The fraction of sp³-hybridized carbons (Fsp3) is 0.485. The van der Waals surface area contributed by atoms with Gasteiger partial charge in [0.15, 0.2) is 0 Å². The highest BCUT2D eigenvalue weighted by Crippen LogP contribution is 2.68. The molecule has 3 unspecified atom stereocenters. The molecule has 42 heavy (non-hydrogen) atoms. The highest BCUT2D eigenvalue weighted by molar-refractivity contribution is 9.09. The summed E-state index contributed by atoms with van der Waals surface area (Å²) < 4.78 is 4.98. The van der Waals surface area contributed by atoms with Crippen molar-refractivity contribution in [3.63, 3.8) is 0 Å². The fourth-order valence-corrected chi connectivity index (χ4v) is 10.5. The first-order chi connectivity index (χ1) is 20.4. The van der Waals surface area contributed by atoms with Gasteiger partial charge in [0.1, 0.15) is 6.04 Å². The number of aliphatic hydroxyl groups excluding tert-OH is 1. The Hall–Kier alpha value is -2.62. The average Bonchev–Trinajstić information content (AvgIpc) is 3.58. The maximum absolute atomic E-state index is 14.7. The van der Waals surface area contributed by atoms with Gasteiger partial charge in [0, 0.05) is 35.5 Å². The molecule has 2 aromatic carbocycles. The molecule has 3 aliphatic heterocycles. The number of carbonyl (C=O) groups excluding carboxylic acids is 3. The molecule has 2 aromatic rings. The zero-order valence-corrected chi connectivity index (χ0v) is 26.2. The van der Waals surface area contributed by atoms with Crippen molar-refractivity contribution in [3.8, 4) is 0 Å². The van der Waals surface area contributed by atoms with Crippen LogP contribution in [-0.4, -0.2) is 75.0 Å². The number of hydrogen-bond donors (Lipinski definition) is 1. The summed E-state index contributed by atoms with van der Waals surface area (Å²) in [5.74, 6) is -1.93. The zero-order valence-electron chi connectivity index (χ0n) is 23.8. The smallest absolute Gasteiger partial charge is 0.310 e. The van der Waals surface area contributed by atoms with Crippen LogP contribution < -0.4 is 4.90 Å². The molecule has 0 aliphatic carbocycles.